The fourth-order valence-electron chi connectivity index (χ4n) is 1.92. The molecule has 0 atom stereocenters. The topological polar surface area (TPSA) is 56.7 Å². The zero-order valence-corrected chi connectivity index (χ0v) is 9.00. The van der Waals surface area contributed by atoms with E-state index >= 15 is 0 Å². The van der Waals surface area contributed by atoms with Crippen molar-refractivity contribution in [1.82, 2.24) is 14.8 Å². The number of aromatic nitrogens is 3. The van der Waals surface area contributed by atoms with Gasteiger partial charge in [-0.3, -0.25) is 0 Å². The van der Waals surface area contributed by atoms with E-state index in [4.69, 9.17) is 5.73 Å². The van der Waals surface area contributed by atoms with E-state index in [1.807, 2.05) is 30.6 Å². The monoisotopic (exact) mass is 214 g/mol. The van der Waals surface area contributed by atoms with Crippen LogP contribution in [0.4, 0.5) is 5.69 Å². The summed E-state index contributed by atoms with van der Waals surface area (Å²) < 4.78 is 2.17. The zero-order chi connectivity index (χ0) is 11.0. The Morgan fingerprint density at radius 2 is 2.12 bits per heavy atom. The summed E-state index contributed by atoms with van der Waals surface area (Å²) in [4.78, 5) is 0. The van der Waals surface area contributed by atoms with Crippen molar-refractivity contribution in [3.63, 3.8) is 0 Å². The molecule has 1 heterocycles. The van der Waals surface area contributed by atoms with E-state index in [0.717, 1.165) is 23.5 Å². The molecule has 0 bridgehead atoms. The van der Waals surface area contributed by atoms with Gasteiger partial charge in [0.1, 0.15) is 12.2 Å². The maximum absolute atomic E-state index is 5.92. The number of para-hydroxylation sites is 1. The first-order chi connectivity index (χ1) is 7.84. The van der Waals surface area contributed by atoms with Crippen LogP contribution in [0, 0.1) is 0 Å². The van der Waals surface area contributed by atoms with Crippen LogP contribution in [-0.2, 0) is 6.42 Å². The number of nitrogen functional groups attached to an aromatic ring is 1. The summed E-state index contributed by atoms with van der Waals surface area (Å²) in [6.07, 6.45) is 5.08. The maximum atomic E-state index is 5.92. The SMILES string of the molecule is Nc1ccccc1Cc1nncn1C1CC1. The van der Waals surface area contributed by atoms with Gasteiger partial charge in [-0.2, -0.15) is 0 Å². The van der Waals surface area contributed by atoms with E-state index < -0.39 is 0 Å². The van der Waals surface area contributed by atoms with Crippen molar-refractivity contribution in [3.05, 3.63) is 42.0 Å². The predicted molar refractivity (Wildman–Crippen MR) is 62.0 cm³/mol. The first-order valence-electron chi connectivity index (χ1n) is 5.56. The summed E-state index contributed by atoms with van der Waals surface area (Å²) in [6.45, 7) is 0. The maximum Gasteiger partial charge on any atom is 0.137 e. The summed E-state index contributed by atoms with van der Waals surface area (Å²) in [7, 11) is 0. The van der Waals surface area contributed by atoms with Gasteiger partial charge in [0.25, 0.3) is 0 Å². The molecule has 1 fully saturated rings. The Labute approximate surface area is 94.1 Å². The molecule has 1 saturated carbocycles. The standard InChI is InChI=1S/C12H14N4/c13-11-4-2-1-3-9(11)7-12-15-14-8-16(12)10-5-6-10/h1-4,8,10H,5-7,13H2. The molecule has 0 spiro atoms. The van der Waals surface area contributed by atoms with E-state index in [9.17, 15) is 0 Å². The molecule has 0 radical (unpaired) electrons. The lowest BCUT2D eigenvalue weighted by molar-refractivity contribution is 0.694. The van der Waals surface area contributed by atoms with E-state index in [-0.39, 0.29) is 0 Å². The smallest absolute Gasteiger partial charge is 0.137 e. The van der Waals surface area contributed by atoms with Crippen molar-refractivity contribution in [2.75, 3.05) is 5.73 Å². The third kappa shape index (κ3) is 1.66. The lowest BCUT2D eigenvalue weighted by Crippen LogP contribution is -2.03. The van der Waals surface area contributed by atoms with Crippen molar-refractivity contribution < 1.29 is 0 Å². The van der Waals surface area contributed by atoms with Gasteiger partial charge in [0.15, 0.2) is 0 Å². The van der Waals surface area contributed by atoms with Crippen LogP contribution in [0.15, 0.2) is 30.6 Å². The number of nitrogens with zero attached hydrogens (tertiary/aromatic N) is 3. The molecule has 82 valence electrons. The van der Waals surface area contributed by atoms with E-state index in [1.165, 1.54) is 12.8 Å². The largest absolute Gasteiger partial charge is 0.398 e. The Morgan fingerprint density at radius 1 is 1.31 bits per heavy atom. The van der Waals surface area contributed by atoms with Gasteiger partial charge < -0.3 is 10.3 Å². The van der Waals surface area contributed by atoms with Crippen molar-refractivity contribution in [2.45, 2.75) is 25.3 Å². The molecule has 2 N–H and O–H groups in total. The van der Waals surface area contributed by atoms with Gasteiger partial charge in [-0.05, 0) is 24.5 Å². The lowest BCUT2D eigenvalue weighted by Gasteiger charge is -2.06. The van der Waals surface area contributed by atoms with Gasteiger partial charge in [0, 0.05) is 18.2 Å². The van der Waals surface area contributed by atoms with Gasteiger partial charge >= 0.3 is 0 Å². The first-order valence-corrected chi connectivity index (χ1v) is 5.56. The number of anilines is 1. The normalized spacial score (nSPS) is 15.2. The van der Waals surface area contributed by atoms with Crippen LogP contribution in [0.5, 0.6) is 0 Å². The van der Waals surface area contributed by atoms with Gasteiger partial charge in [0.2, 0.25) is 0 Å². The lowest BCUT2D eigenvalue weighted by atomic mass is 10.1. The summed E-state index contributed by atoms with van der Waals surface area (Å²) in [6, 6.07) is 8.54. The van der Waals surface area contributed by atoms with Crippen LogP contribution in [0.25, 0.3) is 0 Å². The van der Waals surface area contributed by atoms with Crippen LogP contribution in [-0.4, -0.2) is 14.8 Å². The highest BCUT2D eigenvalue weighted by atomic mass is 15.3. The van der Waals surface area contributed by atoms with Gasteiger partial charge in [-0.15, -0.1) is 10.2 Å². The second-order valence-electron chi connectivity index (χ2n) is 4.26. The molecule has 2 aromatic rings. The minimum Gasteiger partial charge on any atom is -0.398 e. The highest BCUT2D eigenvalue weighted by Crippen LogP contribution is 2.35. The summed E-state index contributed by atoms with van der Waals surface area (Å²) in [5.41, 5.74) is 7.87. The Balaban J connectivity index is 1.88. The average Bonchev–Trinajstić information content (AvgIpc) is 3.03. The molecule has 0 unspecified atom stereocenters. The van der Waals surface area contributed by atoms with Crippen LogP contribution in [0.1, 0.15) is 30.3 Å². The molecule has 1 aliphatic carbocycles. The Bertz CT molecular complexity index is 499. The van der Waals surface area contributed by atoms with Gasteiger partial charge in [-0.1, -0.05) is 18.2 Å². The molecule has 0 amide bonds. The average molecular weight is 214 g/mol. The van der Waals surface area contributed by atoms with Gasteiger partial charge in [0.05, 0.1) is 0 Å². The van der Waals surface area contributed by atoms with E-state index in [1.54, 1.807) is 0 Å². The number of hydrogen-bond acceptors (Lipinski definition) is 3. The van der Waals surface area contributed by atoms with Crippen molar-refractivity contribution in [3.8, 4) is 0 Å². The van der Waals surface area contributed by atoms with Gasteiger partial charge in [-0.25, -0.2) is 0 Å². The Hall–Kier alpha value is -1.84. The summed E-state index contributed by atoms with van der Waals surface area (Å²) in [5, 5.41) is 8.15. The van der Waals surface area contributed by atoms with E-state index in [2.05, 4.69) is 14.8 Å². The van der Waals surface area contributed by atoms with Crippen LogP contribution in [0.2, 0.25) is 0 Å². The first kappa shape index (κ1) is 9.39. The van der Waals surface area contributed by atoms with Crippen LogP contribution < -0.4 is 5.73 Å². The quantitative estimate of drug-likeness (QED) is 0.792. The fourth-order valence-corrected chi connectivity index (χ4v) is 1.92. The second-order valence-corrected chi connectivity index (χ2v) is 4.26. The molecule has 16 heavy (non-hydrogen) atoms. The Morgan fingerprint density at radius 3 is 2.88 bits per heavy atom. The molecular weight excluding hydrogens is 200 g/mol. The summed E-state index contributed by atoms with van der Waals surface area (Å²) in [5.74, 6) is 1.01. The van der Waals surface area contributed by atoms with Crippen LogP contribution >= 0.6 is 0 Å². The number of hydrogen-bond donors (Lipinski definition) is 1. The molecule has 1 aliphatic rings. The van der Waals surface area contributed by atoms with E-state index in [0.29, 0.717) is 6.04 Å². The second kappa shape index (κ2) is 3.63. The third-order valence-corrected chi connectivity index (χ3v) is 2.99. The molecule has 4 heteroatoms. The van der Waals surface area contributed by atoms with Crippen molar-refractivity contribution in [2.24, 2.45) is 0 Å². The molecule has 4 nitrogen and oxygen atoms in total. The van der Waals surface area contributed by atoms with Crippen molar-refractivity contribution in [1.29, 1.82) is 0 Å². The van der Waals surface area contributed by atoms with Crippen molar-refractivity contribution >= 4 is 5.69 Å². The number of nitrogens with two attached hydrogens (primary N) is 1. The van der Waals surface area contributed by atoms with Crippen LogP contribution in [0.3, 0.4) is 0 Å². The molecular formula is C12H14N4. The number of benzene rings is 1. The fraction of sp³-hybridized carbons (Fsp3) is 0.333. The minimum absolute atomic E-state index is 0.620. The predicted octanol–water partition coefficient (Wildman–Crippen LogP) is 1.79. The molecule has 3 rings (SSSR count). The Kier molecular flexibility index (Phi) is 2.13. The zero-order valence-electron chi connectivity index (χ0n) is 9.00. The highest BCUT2D eigenvalue weighted by molar-refractivity contribution is 5.47. The third-order valence-electron chi connectivity index (χ3n) is 2.99. The highest BCUT2D eigenvalue weighted by Gasteiger charge is 2.26. The summed E-state index contributed by atoms with van der Waals surface area (Å²) >= 11 is 0. The molecule has 0 saturated heterocycles. The molecule has 1 aromatic carbocycles. The molecule has 0 aliphatic heterocycles. The number of rotatable bonds is 3. The molecule has 1 aromatic heterocycles. The minimum atomic E-state index is 0.620.